The van der Waals surface area contributed by atoms with Gasteiger partial charge in [-0.05, 0) is 31.6 Å². The molecule has 0 heteroatoms. The third-order valence-electron chi connectivity index (χ3n) is 6.53. The van der Waals surface area contributed by atoms with Crippen LogP contribution in [0.2, 0.25) is 0 Å². The second-order valence-corrected chi connectivity index (χ2v) is 9.27. The first-order valence-electron chi connectivity index (χ1n) is 13.1. The zero-order chi connectivity index (χ0) is 19.3. The van der Waals surface area contributed by atoms with E-state index in [1.54, 1.807) is 0 Å². The lowest BCUT2D eigenvalue weighted by Gasteiger charge is -2.13. The largest absolute Gasteiger partial charge is 0.0883 e. The third-order valence-corrected chi connectivity index (χ3v) is 6.53. The van der Waals surface area contributed by atoms with Crippen molar-refractivity contribution < 1.29 is 0 Å². The molecule has 0 nitrogen and oxygen atoms in total. The van der Waals surface area contributed by atoms with Crippen LogP contribution in [-0.4, -0.2) is 0 Å². The van der Waals surface area contributed by atoms with Gasteiger partial charge in [0.1, 0.15) is 0 Å². The average molecular weight is 377 g/mol. The lowest BCUT2D eigenvalue weighted by Crippen LogP contribution is -1.98. The fourth-order valence-electron chi connectivity index (χ4n) is 4.60. The minimum absolute atomic E-state index is 0.875. The van der Waals surface area contributed by atoms with E-state index in [1.807, 2.05) is 0 Å². The van der Waals surface area contributed by atoms with Crippen LogP contribution in [0.3, 0.4) is 0 Å². The van der Waals surface area contributed by atoms with Crippen LogP contribution in [0, 0.1) is 5.92 Å². The molecule has 0 saturated heterocycles. The van der Waals surface area contributed by atoms with Gasteiger partial charge in [0.25, 0.3) is 0 Å². The van der Waals surface area contributed by atoms with Crippen LogP contribution in [0.5, 0.6) is 0 Å². The first-order chi connectivity index (χ1) is 13.4. The summed E-state index contributed by atoms with van der Waals surface area (Å²) in [5, 5.41) is 0. The van der Waals surface area contributed by atoms with E-state index in [-0.39, 0.29) is 0 Å². The summed E-state index contributed by atoms with van der Waals surface area (Å²) in [4.78, 5) is 0. The highest BCUT2D eigenvalue weighted by Gasteiger charge is 2.05. The molecule has 1 aliphatic carbocycles. The van der Waals surface area contributed by atoms with Crippen molar-refractivity contribution in [1.82, 2.24) is 0 Å². The van der Waals surface area contributed by atoms with Crippen LogP contribution < -0.4 is 0 Å². The quantitative estimate of drug-likeness (QED) is 0.306. The van der Waals surface area contributed by atoms with E-state index in [9.17, 15) is 0 Å². The Morgan fingerprint density at radius 3 is 1.37 bits per heavy atom. The number of unbranched alkanes of at least 4 members (excludes halogenated alkanes) is 5. The minimum atomic E-state index is 0.875. The summed E-state index contributed by atoms with van der Waals surface area (Å²) in [6.45, 7) is 2.31. The number of hydrogen-bond donors (Lipinski definition) is 0. The van der Waals surface area contributed by atoms with Crippen molar-refractivity contribution in [3.63, 3.8) is 0 Å². The van der Waals surface area contributed by atoms with Crippen molar-refractivity contribution in [2.75, 3.05) is 0 Å². The maximum atomic E-state index is 2.61. The van der Waals surface area contributed by atoms with Gasteiger partial charge in [-0.2, -0.15) is 0 Å². The SMILES string of the molecule is CCCCCCCC=CC1CCCCCCCCCCCCCCCCC1. The van der Waals surface area contributed by atoms with Gasteiger partial charge in [0.05, 0.1) is 0 Å². The van der Waals surface area contributed by atoms with Crippen LogP contribution >= 0.6 is 0 Å². The van der Waals surface area contributed by atoms with Crippen LogP contribution in [0.1, 0.15) is 155 Å². The van der Waals surface area contributed by atoms with Crippen molar-refractivity contribution in [3.8, 4) is 0 Å². The number of hydrogen-bond acceptors (Lipinski definition) is 0. The van der Waals surface area contributed by atoms with Gasteiger partial charge < -0.3 is 0 Å². The van der Waals surface area contributed by atoms with E-state index in [2.05, 4.69) is 19.1 Å². The van der Waals surface area contributed by atoms with Gasteiger partial charge in [-0.3, -0.25) is 0 Å². The number of rotatable bonds is 7. The molecule has 0 aromatic rings. The maximum Gasteiger partial charge on any atom is -0.0234 e. The average Bonchev–Trinajstić information content (AvgIpc) is 2.68. The second kappa shape index (κ2) is 20.5. The smallest absolute Gasteiger partial charge is 0.0234 e. The van der Waals surface area contributed by atoms with Gasteiger partial charge >= 0.3 is 0 Å². The fraction of sp³-hybridized carbons (Fsp3) is 0.926. The fourth-order valence-corrected chi connectivity index (χ4v) is 4.60. The maximum absolute atomic E-state index is 2.61. The molecule has 0 bridgehead atoms. The Hall–Kier alpha value is -0.260. The highest BCUT2D eigenvalue weighted by molar-refractivity contribution is 4.88. The Morgan fingerprint density at radius 1 is 0.519 bits per heavy atom. The standard InChI is InChI=1S/C27H52/c1-2-3-4-5-15-18-21-24-27-25-22-19-16-13-11-9-7-6-8-10-12-14-17-20-23-26-27/h21,24,27H,2-20,22-23,25-26H2,1H3. The summed E-state index contributed by atoms with van der Waals surface area (Å²) < 4.78 is 0. The van der Waals surface area contributed by atoms with Crippen LogP contribution in [0.25, 0.3) is 0 Å². The molecule has 1 aliphatic rings. The van der Waals surface area contributed by atoms with Crippen LogP contribution in [0.4, 0.5) is 0 Å². The molecule has 160 valence electrons. The molecule has 1 fully saturated rings. The van der Waals surface area contributed by atoms with Gasteiger partial charge in [-0.25, -0.2) is 0 Å². The molecule has 0 aromatic heterocycles. The van der Waals surface area contributed by atoms with Crippen molar-refractivity contribution in [3.05, 3.63) is 12.2 Å². The first-order valence-corrected chi connectivity index (χ1v) is 13.1. The Bertz CT molecular complexity index is 285. The van der Waals surface area contributed by atoms with E-state index >= 15 is 0 Å². The summed E-state index contributed by atoms with van der Waals surface area (Å²) in [7, 11) is 0. The van der Waals surface area contributed by atoms with Crippen molar-refractivity contribution in [1.29, 1.82) is 0 Å². The van der Waals surface area contributed by atoms with Gasteiger partial charge in [-0.15, -0.1) is 0 Å². The van der Waals surface area contributed by atoms with E-state index in [0.717, 1.165) is 5.92 Å². The van der Waals surface area contributed by atoms with Crippen molar-refractivity contribution in [2.24, 2.45) is 5.92 Å². The van der Waals surface area contributed by atoms with Crippen LogP contribution in [0.15, 0.2) is 12.2 Å². The molecule has 0 heterocycles. The van der Waals surface area contributed by atoms with E-state index in [1.165, 1.54) is 148 Å². The molecule has 0 aliphatic heterocycles. The van der Waals surface area contributed by atoms with Gasteiger partial charge in [0.15, 0.2) is 0 Å². The molecule has 1 saturated carbocycles. The molecule has 0 radical (unpaired) electrons. The molecule has 0 aromatic carbocycles. The molecular formula is C27H52. The molecule has 0 N–H and O–H groups in total. The zero-order valence-electron chi connectivity index (χ0n) is 19.0. The monoisotopic (exact) mass is 376 g/mol. The third kappa shape index (κ3) is 17.6. The highest BCUT2D eigenvalue weighted by Crippen LogP contribution is 2.22. The Morgan fingerprint density at radius 2 is 0.926 bits per heavy atom. The summed E-state index contributed by atoms with van der Waals surface area (Å²) in [6, 6.07) is 0. The second-order valence-electron chi connectivity index (χ2n) is 9.27. The Kier molecular flexibility index (Phi) is 18.8. The van der Waals surface area contributed by atoms with Gasteiger partial charge in [0.2, 0.25) is 0 Å². The molecule has 0 amide bonds. The van der Waals surface area contributed by atoms with Gasteiger partial charge in [-0.1, -0.05) is 141 Å². The summed E-state index contributed by atoms with van der Waals surface area (Å²) in [6.07, 6.45) is 38.7. The lowest BCUT2D eigenvalue weighted by atomic mass is 9.93. The summed E-state index contributed by atoms with van der Waals surface area (Å²) in [5.74, 6) is 0.875. The van der Waals surface area contributed by atoms with Gasteiger partial charge in [0, 0.05) is 0 Å². The predicted octanol–water partition coefficient (Wildman–Crippen LogP) is 10.2. The predicted molar refractivity (Wildman–Crippen MR) is 124 cm³/mol. The summed E-state index contributed by atoms with van der Waals surface area (Å²) in [5.41, 5.74) is 0. The summed E-state index contributed by atoms with van der Waals surface area (Å²) >= 11 is 0. The van der Waals surface area contributed by atoms with E-state index in [4.69, 9.17) is 0 Å². The molecule has 0 unspecified atom stereocenters. The van der Waals surface area contributed by atoms with E-state index < -0.39 is 0 Å². The minimum Gasteiger partial charge on any atom is -0.0883 e. The zero-order valence-corrected chi connectivity index (χ0v) is 19.0. The molecule has 0 atom stereocenters. The molecule has 1 rings (SSSR count). The highest BCUT2D eigenvalue weighted by atomic mass is 14.1. The first kappa shape index (κ1) is 24.8. The number of allylic oxidation sites excluding steroid dienone is 2. The van der Waals surface area contributed by atoms with E-state index in [0.29, 0.717) is 0 Å². The molecule has 0 spiro atoms. The molecular weight excluding hydrogens is 324 g/mol. The topological polar surface area (TPSA) is 0 Å². The normalized spacial score (nSPS) is 21.1. The van der Waals surface area contributed by atoms with Crippen molar-refractivity contribution >= 4 is 0 Å². The lowest BCUT2D eigenvalue weighted by molar-refractivity contribution is 0.456. The van der Waals surface area contributed by atoms with Crippen molar-refractivity contribution in [2.45, 2.75) is 155 Å². The molecule has 27 heavy (non-hydrogen) atoms. The Labute approximate surface area is 173 Å². The Balaban J connectivity index is 2.24. The van der Waals surface area contributed by atoms with Crippen LogP contribution in [-0.2, 0) is 0 Å².